The molecule has 0 saturated heterocycles. The lowest BCUT2D eigenvalue weighted by molar-refractivity contribution is -0.380. The van der Waals surface area contributed by atoms with Gasteiger partial charge < -0.3 is 10.4 Å². The molecule has 0 saturated carbocycles. The van der Waals surface area contributed by atoms with Crippen LogP contribution in [0.3, 0.4) is 0 Å². The van der Waals surface area contributed by atoms with Gasteiger partial charge in [-0.25, -0.2) is 0 Å². The van der Waals surface area contributed by atoms with E-state index in [4.69, 9.17) is 5.11 Å². The molecular formula is C8H12N2O3S. The molecule has 2 N–H and O–H groups in total. The minimum Gasteiger partial charge on any atom is -0.395 e. The number of nitrogens with one attached hydrogen (secondary N) is 1. The van der Waals surface area contributed by atoms with Gasteiger partial charge in [-0.15, -0.1) is 0 Å². The third kappa shape index (κ3) is 3.06. The van der Waals surface area contributed by atoms with Crippen LogP contribution in [-0.4, -0.2) is 22.7 Å². The molecule has 1 unspecified atom stereocenters. The largest absolute Gasteiger partial charge is 0.395 e. The van der Waals surface area contributed by atoms with Crippen molar-refractivity contribution in [2.24, 2.45) is 0 Å². The summed E-state index contributed by atoms with van der Waals surface area (Å²) in [6, 6.07) is 3.22. The molecule has 0 aliphatic rings. The molecule has 0 spiro atoms. The van der Waals surface area contributed by atoms with Gasteiger partial charge in [0.15, 0.2) is 0 Å². The van der Waals surface area contributed by atoms with E-state index in [1.54, 1.807) is 6.07 Å². The molecule has 78 valence electrons. The highest BCUT2D eigenvalue weighted by molar-refractivity contribution is 7.15. The first-order valence-electron chi connectivity index (χ1n) is 4.21. The summed E-state index contributed by atoms with van der Waals surface area (Å²) in [7, 11) is 0. The molecule has 0 fully saturated rings. The fourth-order valence-corrected chi connectivity index (χ4v) is 1.67. The van der Waals surface area contributed by atoms with Gasteiger partial charge in [-0.3, -0.25) is 10.1 Å². The average molecular weight is 216 g/mol. The highest BCUT2D eigenvalue weighted by Gasteiger charge is 2.09. The van der Waals surface area contributed by atoms with Crippen LogP contribution in [0, 0.1) is 10.1 Å². The number of thiophene rings is 1. The minimum absolute atomic E-state index is 0.0103. The van der Waals surface area contributed by atoms with E-state index in [-0.39, 0.29) is 17.6 Å². The third-order valence-corrected chi connectivity index (χ3v) is 2.76. The van der Waals surface area contributed by atoms with E-state index in [0.29, 0.717) is 6.54 Å². The summed E-state index contributed by atoms with van der Waals surface area (Å²) < 4.78 is 0. The molecular weight excluding hydrogens is 204 g/mol. The second-order valence-corrected chi connectivity index (χ2v) is 4.11. The standard InChI is InChI=1S/C8H12N2O3S/c1-6(5-11)9-4-7-2-3-8(14-7)10(12)13/h2-3,6,9,11H,4-5H2,1H3. The van der Waals surface area contributed by atoms with Crippen LogP contribution in [0.15, 0.2) is 12.1 Å². The molecule has 14 heavy (non-hydrogen) atoms. The molecule has 5 nitrogen and oxygen atoms in total. The monoisotopic (exact) mass is 216 g/mol. The summed E-state index contributed by atoms with van der Waals surface area (Å²) in [5, 5.41) is 22.3. The SMILES string of the molecule is CC(CO)NCc1ccc([N+](=O)[O-])s1. The first-order chi connectivity index (χ1) is 6.63. The maximum absolute atomic E-state index is 10.4. The number of nitrogens with zero attached hydrogens (tertiary/aromatic N) is 1. The average Bonchev–Trinajstić information content (AvgIpc) is 2.62. The van der Waals surface area contributed by atoms with Crippen molar-refractivity contribution in [3.05, 3.63) is 27.1 Å². The molecule has 1 aromatic heterocycles. The van der Waals surface area contributed by atoms with E-state index in [9.17, 15) is 10.1 Å². The molecule has 0 bridgehead atoms. The van der Waals surface area contributed by atoms with Crippen LogP contribution in [0.25, 0.3) is 0 Å². The first-order valence-corrected chi connectivity index (χ1v) is 5.02. The summed E-state index contributed by atoms with van der Waals surface area (Å²) in [6.07, 6.45) is 0. The van der Waals surface area contributed by atoms with Crippen molar-refractivity contribution in [1.82, 2.24) is 5.32 Å². The lowest BCUT2D eigenvalue weighted by atomic mass is 10.3. The molecule has 0 aromatic carbocycles. The lowest BCUT2D eigenvalue weighted by Crippen LogP contribution is -2.28. The molecule has 0 radical (unpaired) electrons. The van der Waals surface area contributed by atoms with Crippen molar-refractivity contribution in [3.63, 3.8) is 0 Å². The Morgan fingerprint density at radius 2 is 2.43 bits per heavy atom. The normalized spacial score (nSPS) is 12.7. The van der Waals surface area contributed by atoms with Crippen molar-refractivity contribution in [3.8, 4) is 0 Å². The maximum Gasteiger partial charge on any atom is 0.324 e. The Hall–Kier alpha value is -0.980. The molecule has 1 aromatic rings. The van der Waals surface area contributed by atoms with Gasteiger partial charge in [0.05, 0.1) is 11.5 Å². The van der Waals surface area contributed by atoms with E-state index in [2.05, 4.69) is 5.32 Å². The van der Waals surface area contributed by atoms with E-state index in [0.717, 1.165) is 16.2 Å². The van der Waals surface area contributed by atoms with E-state index < -0.39 is 4.92 Å². The molecule has 0 amide bonds. The van der Waals surface area contributed by atoms with Gasteiger partial charge in [0, 0.05) is 23.5 Å². The third-order valence-electron chi connectivity index (χ3n) is 1.73. The number of nitro groups is 1. The number of hydrogen-bond donors (Lipinski definition) is 2. The van der Waals surface area contributed by atoms with Crippen molar-refractivity contribution >= 4 is 16.3 Å². The van der Waals surface area contributed by atoms with Crippen LogP contribution >= 0.6 is 11.3 Å². The zero-order valence-electron chi connectivity index (χ0n) is 7.77. The number of hydrogen-bond acceptors (Lipinski definition) is 5. The lowest BCUT2D eigenvalue weighted by Gasteiger charge is -2.08. The predicted octanol–water partition coefficient (Wildman–Crippen LogP) is 1.13. The molecule has 1 rings (SSSR count). The highest BCUT2D eigenvalue weighted by atomic mass is 32.1. The zero-order valence-corrected chi connectivity index (χ0v) is 8.58. The molecule has 1 atom stereocenters. The smallest absolute Gasteiger partial charge is 0.324 e. The summed E-state index contributed by atoms with van der Waals surface area (Å²) in [5.41, 5.74) is 0. The summed E-state index contributed by atoms with van der Waals surface area (Å²) in [6.45, 7) is 2.47. The topological polar surface area (TPSA) is 75.4 Å². The van der Waals surface area contributed by atoms with Gasteiger partial charge in [0.2, 0.25) is 0 Å². The quantitative estimate of drug-likeness (QED) is 0.571. The van der Waals surface area contributed by atoms with Crippen molar-refractivity contribution in [2.45, 2.75) is 19.5 Å². The Kier molecular flexibility index (Phi) is 3.99. The Balaban J connectivity index is 2.48. The number of aliphatic hydroxyl groups is 1. The summed E-state index contributed by atoms with van der Waals surface area (Å²) in [5.74, 6) is 0. The fourth-order valence-electron chi connectivity index (χ4n) is 0.899. The highest BCUT2D eigenvalue weighted by Crippen LogP contribution is 2.23. The Bertz CT molecular complexity index is 313. The van der Waals surface area contributed by atoms with Gasteiger partial charge >= 0.3 is 5.00 Å². The minimum atomic E-state index is -0.399. The fraction of sp³-hybridized carbons (Fsp3) is 0.500. The second kappa shape index (κ2) is 5.04. The van der Waals surface area contributed by atoms with E-state index >= 15 is 0 Å². The molecule has 0 aliphatic carbocycles. The van der Waals surface area contributed by atoms with Gasteiger partial charge in [0.1, 0.15) is 0 Å². The van der Waals surface area contributed by atoms with Crippen LogP contribution in [0.2, 0.25) is 0 Å². The van der Waals surface area contributed by atoms with Gasteiger partial charge in [-0.1, -0.05) is 11.3 Å². The molecule has 6 heteroatoms. The first kappa shape index (κ1) is 11.1. The van der Waals surface area contributed by atoms with E-state index in [1.165, 1.54) is 6.07 Å². The van der Waals surface area contributed by atoms with Crippen LogP contribution in [0.1, 0.15) is 11.8 Å². The van der Waals surface area contributed by atoms with Crippen LogP contribution < -0.4 is 5.32 Å². The van der Waals surface area contributed by atoms with Crippen LogP contribution in [0.4, 0.5) is 5.00 Å². The second-order valence-electron chi connectivity index (χ2n) is 2.96. The number of aliphatic hydroxyl groups excluding tert-OH is 1. The molecule has 0 aliphatic heterocycles. The Labute approximate surface area is 85.5 Å². The van der Waals surface area contributed by atoms with Crippen LogP contribution in [0.5, 0.6) is 0 Å². The summed E-state index contributed by atoms with van der Waals surface area (Å²) in [4.78, 5) is 10.9. The zero-order chi connectivity index (χ0) is 10.6. The van der Waals surface area contributed by atoms with Crippen LogP contribution in [-0.2, 0) is 6.54 Å². The predicted molar refractivity (Wildman–Crippen MR) is 54.4 cm³/mol. The van der Waals surface area contributed by atoms with Gasteiger partial charge in [-0.2, -0.15) is 0 Å². The Morgan fingerprint density at radius 1 is 1.71 bits per heavy atom. The summed E-state index contributed by atoms with van der Waals surface area (Å²) >= 11 is 1.15. The van der Waals surface area contributed by atoms with E-state index in [1.807, 2.05) is 6.92 Å². The number of rotatable bonds is 5. The van der Waals surface area contributed by atoms with Gasteiger partial charge in [-0.05, 0) is 13.0 Å². The Morgan fingerprint density at radius 3 is 2.93 bits per heavy atom. The molecule has 1 heterocycles. The van der Waals surface area contributed by atoms with Crippen molar-refractivity contribution in [1.29, 1.82) is 0 Å². The van der Waals surface area contributed by atoms with Crippen molar-refractivity contribution in [2.75, 3.05) is 6.61 Å². The van der Waals surface area contributed by atoms with Crippen molar-refractivity contribution < 1.29 is 10.0 Å². The van der Waals surface area contributed by atoms with Gasteiger partial charge in [0.25, 0.3) is 0 Å². The maximum atomic E-state index is 10.4.